The maximum Gasteiger partial charge on any atom is 0.196 e. The van der Waals surface area contributed by atoms with Gasteiger partial charge in [0.15, 0.2) is 40.5 Å². The van der Waals surface area contributed by atoms with E-state index < -0.39 is 23.0 Å². The van der Waals surface area contributed by atoms with Crippen molar-refractivity contribution in [3.8, 4) is 23.0 Å². The summed E-state index contributed by atoms with van der Waals surface area (Å²) in [7, 11) is 0. The number of hydrogen-bond acceptors (Lipinski definition) is 4. The van der Waals surface area contributed by atoms with Crippen molar-refractivity contribution in [1.82, 2.24) is 19.7 Å². The summed E-state index contributed by atoms with van der Waals surface area (Å²) in [5.41, 5.74) is -0.353. The van der Waals surface area contributed by atoms with E-state index in [-0.39, 0.29) is 16.9 Å². The molecule has 0 atom stereocenters. The second-order valence-corrected chi connectivity index (χ2v) is 8.99. The number of aromatic hydroxyl groups is 1. The Hall–Kier alpha value is -3.13. The molecular formula is C23H21ClF2N4O2. The first-order valence-electron chi connectivity index (χ1n) is 10.3. The highest BCUT2D eigenvalue weighted by Crippen LogP contribution is 2.41. The summed E-state index contributed by atoms with van der Waals surface area (Å²) in [4.78, 5) is 2.80. The van der Waals surface area contributed by atoms with E-state index in [1.165, 1.54) is 0 Å². The molecule has 2 heterocycles. The van der Waals surface area contributed by atoms with E-state index in [1.54, 1.807) is 20.0 Å². The first-order valence-corrected chi connectivity index (χ1v) is 10.7. The van der Waals surface area contributed by atoms with Crippen LogP contribution in [0.4, 0.5) is 8.78 Å². The van der Waals surface area contributed by atoms with Gasteiger partial charge in [-0.1, -0.05) is 17.7 Å². The van der Waals surface area contributed by atoms with E-state index in [2.05, 4.69) is 15.2 Å². The van der Waals surface area contributed by atoms with Gasteiger partial charge in [-0.15, -0.1) is 10.2 Å². The highest BCUT2D eigenvalue weighted by Gasteiger charge is 2.37. The van der Waals surface area contributed by atoms with Crippen LogP contribution in [0.15, 0.2) is 36.5 Å². The minimum absolute atomic E-state index is 0.0451. The van der Waals surface area contributed by atoms with E-state index in [9.17, 15) is 13.9 Å². The minimum Gasteiger partial charge on any atom is -0.494 e. The molecule has 9 heteroatoms. The third-order valence-corrected chi connectivity index (χ3v) is 6.14. The SMILES string of the molecule is CC(C)(Oc1c(F)cc(Cl)cc1F)c1nnc(-c2ccc3c(O)[nH]cc3c2)n1C1CCC1. The Morgan fingerprint density at radius 3 is 2.53 bits per heavy atom. The van der Waals surface area contributed by atoms with E-state index in [4.69, 9.17) is 16.3 Å². The molecule has 0 spiro atoms. The molecule has 1 aliphatic carbocycles. The monoisotopic (exact) mass is 458 g/mol. The number of hydrogen-bond donors (Lipinski definition) is 2. The van der Waals surface area contributed by atoms with Gasteiger partial charge >= 0.3 is 0 Å². The van der Waals surface area contributed by atoms with Gasteiger partial charge in [-0.05, 0) is 57.4 Å². The third kappa shape index (κ3) is 3.39. The lowest BCUT2D eigenvalue weighted by Crippen LogP contribution is -2.33. The number of fused-ring (bicyclic) bond motifs is 1. The molecule has 1 fully saturated rings. The van der Waals surface area contributed by atoms with Gasteiger partial charge in [-0.25, -0.2) is 8.78 Å². The molecule has 0 unspecified atom stereocenters. The number of aromatic nitrogens is 4. The molecule has 166 valence electrons. The van der Waals surface area contributed by atoms with E-state index in [0.29, 0.717) is 17.0 Å². The van der Waals surface area contributed by atoms with Crippen LogP contribution in [0.1, 0.15) is 45.0 Å². The van der Waals surface area contributed by atoms with Crippen molar-refractivity contribution >= 4 is 22.4 Å². The van der Waals surface area contributed by atoms with Gasteiger partial charge in [0.2, 0.25) is 0 Å². The molecule has 2 aromatic carbocycles. The fraction of sp³-hybridized carbons (Fsp3) is 0.304. The van der Waals surface area contributed by atoms with E-state index in [1.807, 2.05) is 22.8 Å². The van der Waals surface area contributed by atoms with E-state index >= 15 is 0 Å². The highest BCUT2D eigenvalue weighted by atomic mass is 35.5. The first kappa shape index (κ1) is 20.8. The summed E-state index contributed by atoms with van der Waals surface area (Å²) >= 11 is 5.74. The molecule has 1 aliphatic rings. The maximum atomic E-state index is 14.4. The zero-order chi connectivity index (χ0) is 22.6. The summed E-state index contributed by atoms with van der Waals surface area (Å²) in [5, 5.41) is 20.2. The lowest BCUT2D eigenvalue weighted by atomic mass is 9.91. The Balaban J connectivity index is 1.59. The molecule has 0 bridgehead atoms. The predicted octanol–water partition coefficient (Wildman–Crippen LogP) is 6.10. The summed E-state index contributed by atoms with van der Waals surface area (Å²) in [6.45, 7) is 3.41. The number of ether oxygens (including phenoxy) is 1. The Labute approximate surface area is 187 Å². The summed E-state index contributed by atoms with van der Waals surface area (Å²) < 4.78 is 36.6. The average Bonchev–Trinajstić information content (AvgIpc) is 3.28. The number of H-pyrrole nitrogens is 1. The number of rotatable bonds is 5. The number of nitrogens with zero attached hydrogens (tertiary/aromatic N) is 3. The van der Waals surface area contributed by atoms with Gasteiger partial charge in [0.05, 0.1) is 0 Å². The molecule has 2 aromatic heterocycles. The fourth-order valence-electron chi connectivity index (χ4n) is 4.08. The van der Waals surface area contributed by atoms with E-state index in [0.717, 1.165) is 42.3 Å². The molecule has 5 rings (SSSR count). The molecule has 0 amide bonds. The van der Waals surface area contributed by atoms with Gasteiger partial charge in [-0.2, -0.15) is 0 Å². The van der Waals surface area contributed by atoms with Crippen molar-refractivity contribution < 1.29 is 18.6 Å². The highest BCUT2D eigenvalue weighted by molar-refractivity contribution is 6.30. The van der Waals surface area contributed by atoms with Crippen molar-refractivity contribution in [2.45, 2.75) is 44.8 Å². The Bertz CT molecular complexity index is 1300. The Kier molecular flexibility index (Phi) is 4.85. The van der Waals surface area contributed by atoms with Gasteiger partial charge in [0.25, 0.3) is 0 Å². The lowest BCUT2D eigenvalue weighted by Gasteiger charge is -2.33. The van der Waals surface area contributed by atoms with Crippen LogP contribution in [0, 0.1) is 11.6 Å². The second kappa shape index (κ2) is 7.48. The number of nitrogens with one attached hydrogen (secondary N) is 1. The Morgan fingerprint density at radius 2 is 1.88 bits per heavy atom. The normalized spacial score (nSPS) is 14.7. The predicted molar refractivity (Wildman–Crippen MR) is 117 cm³/mol. The van der Waals surface area contributed by atoms with Crippen molar-refractivity contribution in [3.05, 3.63) is 59.0 Å². The lowest BCUT2D eigenvalue weighted by molar-refractivity contribution is 0.0778. The molecule has 0 saturated heterocycles. The standard InChI is InChI=1S/C23H21ClF2N4O2/c1-23(2,32-19-17(25)9-14(24)10-18(19)26)22-29-28-20(30(22)15-4-3-5-15)12-6-7-16-13(8-12)11-27-21(16)31/h6-11,15,27,31H,3-5H2,1-2H3. The van der Waals surface area contributed by atoms with Crippen molar-refractivity contribution in [2.75, 3.05) is 0 Å². The van der Waals surface area contributed by atoms with Gasteiger partial charge < -0.3 is 19.4 Å². The van der Waals surface area contributed by atoms with Crippen molar-refractivity contribution in [1.29, 1.82) is 0 Å². The molecule has 4 aromatic rings. The zero-order valence-electron chi connectivity index (χ0n) is 17.5. The van der Waals surface area contributed by atoms with Crippen LogP contribution in [0.3, 0.4) is 0 Å². The van der Waals surface area contributed by atoms with Gasteiger partial charge in [0, 0.05) is 33.6 Å². The van der Waals surface area contributed by atoms with Crippen LogP contribution in [0.2, 0.25) is 5.02 Å². The average molecular weight is 459 g/mol. The first-order chi connectivity index (χ1) is 15.2. The van der Waals surface area contributed by atoms with Crippen LogP contribution in [0.5, 0.6) is 11.6 Å². The molecular weight excluding hydrogens is 438 g/mol. The smallest absolute Gasteiger partial charge is 0.196 e. The molecule has 0 aliphatic heterocycles. The van der Waals surface area contributed by atoms with Crippen molar-refractivity contribution in [2.24, 2.45) is 0 Å². The fourth-order valence-corrected chi connectivity index (χ4v) is 4.27. The molecule has 0 radical (unpaired) electrons. The van der Waals surface area contributed by atoms with Crippen LogP contribution < -0.4 is 4.74 Å². The van der Waals surface area contributed by atoms with Gasteiger partial charge in [0.1, 0.15) is 0 Å². The summed E-state index contributed by atoms with van der Waals surface area (Å²) in [6, 6.07) is 7.79. The summed E-state index contributed by atoms with van der Waals surface area (Å²) in [5.74, 6) is -1.04. The zero-order valence-corrected chi connectivity index (χ0v) is 18.2. The van der Waals surface area contributed by atoms with Crippen LogP contribution in [0.25, 0.3) is 22.2 Å². The van der Waals surface area contributed by atoms with Crippen LogP contribution >= 0.6 is 11.6 Å². The number of aromatic amines is 1. The molecule has 1 saturated carbocycles. The summed E-state index contributed by atoms with van der Waals surface area (Å²) in [6.07, 6.45) is 4.70. The largest absolute Gasteiger partial charge is 0.494 e. The molecule has 32 heavy (non-hydrogen) atoms. The third-order valence-electron chi connectivity index (χ3n) is 5.92. The van der Waals surface area contributed by atoms with Crippen LogP contribution in [-0.2, 0) is 5.60 Å². The van der Waals surface area contributed by atoms with Crippen LogP contribution in [-0.4, -0.2) is 24.9 Å². The quantitative estimate of drug-likeness (QED) is 0.378. The number of halogens is 3. The minimum atomic E-state index is -1.17. The maximum absolute atomic E-state index is 14.4. The van der Waals surface area contributed by atoms with Crippen molar-refractivity contribution in [3.63, 3.8) is 0 Å². The molecule has 6 nitrogen and oxygen atoms in total. The Morgan fingerprint density at radius 1 is 1.16 bits per heavy atom. The van der Waals surface area contributed by atoms with Gasteiger partial charge in [-0.3, -0.25) is 0 Å². The number of benzene rings is 2. The molecule has 2 N–H and O–H groups in total. The second-order valence-electron chi connectivity index (χ2n) is 8.55. The topological polar surface area (TPSA) is 76.0 Å².